The van der Waals surface area contributed by atoms with Crippen molar-refractivity contribution in [2.24, 2.45) is 0 Å². The molecule has 1 rings (SSSR count). The summed E-state index contributed by atoms with van der Waals surface area (Å²) in [7, 11) is 1.69. The van der Waals surface area contributed by atoms with Crippen molar-refractivity contribution in [2.45, 2.75) is 45.8 Å². The number of rotatable bonds is 8. The summed E-state index contributed by atoms with van der Waals surface area (Å²) >= 11 is 0. The molecule has 0 radical (unpaired) electrons. The summed E-state index contributed by atoms with van der Waals surface area (Å²) in [6.07, 6.45) is 4.38. The van der Waals surface area contributed by atoms with Gasteiger partial charge in [-0.2, -0.15) is 0 Å². The Bertz CT molecular complexity index is 292. The minimum atomic E-state index is -0.124. The first-order chi connectivity index (χ1) is 8.30. The van der Waals surface area contributed by atoms with Crippen molar-refractivity contribution in [1.82, 2.24) is 0 Å². The van der Waals surface area contributed by atoms with Crippen LogP contribution < -0.4 is 0 Å². The van der Waals surface area contributed by atoms with Crippen molar-refractivity contribution in [3.8, 4) is 0 Å². The molecule has 1 aromatic rings. The van der Waals surface area contributed by atoms with Gasteiger partial charge in [-0.1, -0.05) is 37.6 Å². The first-order valence-corrected chi connectivity index (χ1v) is 6.52. The number of unbranched alkanes of at least 4 members (excludes halogenated alkanes) is 1. The molecule has 0 N–H and O–H groups in total. The Hall–Kier alpha value is -0.860. The van der Waals surface area contributed by atoms with Gasteiger partial charge in [0.05, 0.1) is 0 Å². The minimum Gasteiger partial charge on any atom is -0.356 e. The quantitative estimate of drug-likeness (QED) is 0.642. The van der Waals surface area contributed by atoms with Gasteiger partial charge in [-0.15, -0.1) is 0 Å². The lowest BCUT2D eigenvalue weighted by molar-refractivity contribution is -0.118. The predicted molar refractivity (Wildman–Crippen MR) is 71.2 cm³/mol. The predicted octanol–water partition coefficient (Wildman–Crippen LogP) is 3.58. The zero-order chi connectivity index (χ0) is 12.5. The van der Waals surface area contributed by atoms with Gasteiger partial charge in [-0.05, 0) is 30.9 Å². The summed E-state index contributed by atoms with van der Waals surface area (Å²) in [6.45, 7) is 4.90. The van der Waals surface area contributed by atoms with E-state index in [4.69, 9.17) is 9.47 Å². The van der Waals surface area contributed by atoms with Crippen molar-refractivity contribution in [3.05, 3.63) is 35.4 Å². The van der Waals surface area contributed by atoms with E-state index in [1.54, 1.807) is 7.11 Å². The summed E-state index contributed by atoms with van der Waals surface area (Å²) in [5, 5.41) is 0. The van der Waals surface area contributed by atoms with Crippen molar-refractivity contribution >= 4 is 0 Å². The van der Waals surface area contributed by atoms with E-state index in [9.17, 15) is 0 Å². The lowest BCUT2D eigenvalue weighted by Crippen LogP contribution is -2.18. The lowest BCUT2D eigenvalue weighted by atomic mass is 10.0. The molecule has 1 atom stereocenters. The highest BCUT2D eigenvalue weighted by atomic mass is 16.7. The Labute approximate surface area is 105 Å². The highest BCUT2D eigenvalue weighted by Crippen LogP contribution is 2.11. The molecule has 96 valence electrons. The molecule has 0 spiro atoms. The van der Waals surface area contributed by atoms with Crippen molar-refractivity contribution in [2.75, 3.05) is 13.7 Å². The molecule has 2 heteroatoms. The molecule has 0 saturated carbocycles. The van der Waals surface area contributed by atoms with Crippen LogP contribution in [0.2, 0.25) is 0 Å². The van der Waals surface area contributed by atoms with Crippen LogP contribution in [0.15, 0.2) is 24.3 Å². The second kappa shape index (κ2) is 8.26. The number of hydrogen-bond donors (Lipinski definition) is 0. The molecule has 0 aliphatic carbocycles. The number of hydrogen-bond acceptors (Lipinski definition) is 2. The largest absolute Gasteiger partial charge is 0.356 e. The molecule has 17 heavy (non-hydrogen) atoms. The van der Waals surface area contributed by atoms with E-state index in [1.165, 1.54) is 30.4 Å². The molecule has 1 aromatic carbocycles. The van der Waals surface area contributed by atoms with Gasteiger partial charge in [0, 0.05) is 20.1 Å². The fourth-order valence-electron chi connectivity index (χ4n) is 1.81. The van der Waals surface area contributed by atoms with E-state index in [-0.39, 0.29) is 6.29 Å². The highest BCUT2D eigenvalue weighted by molar-refractivity contribution is 5.23. The van der Waals surface area contributed by atoms with E-state index in [2.05, 4.69) is 31.2 Å². The number of benzene rings is 1. The molecule has 0 aromatic heterocycles. The molecule has 0 bridgehead atoms. The Kier molecular flexibility index (Phi) is 6.90. The van der Waals surface area contributed by atoms with Crippen LogP contribution >= 0.6 is 0 Å². The molecule has 0 amide bonds. The maximum Gasteiger partial charge on any atom is 0.161 e. The van der Waals surface area contributed by atoms with Crippen LogP contribution in [0.1, 0.15) is 37.8 Å². The average molecular weight is 236 g/mol. The van der Waals surface area contributed by atoms with Gasteiger partial charge in [0.2, 0.25) is 0 Å². The Morgan fingerprint density at radius 1 is 1.06 bits per heavy atom. The third-order valence-electron chi connectivity index (χ3n) is 2.86. The summed E-state index contributed by atoms with van der Waals surface area (Å²) in [5.74, 6) is 0. The Morgan fingerprint density at radius 3 is 2.24 bits per heavy atom. The zero-order valence-electron chi connectivity index (χ0n) is 11.2. The standard InChI is InChI=1S/C15H24O2/c1-4-6-7-13-8-10-14(11-9-13)12-15(16-3)17-5-2/h8-11,15H,4-7,12H2,1-3H3. The second-order valence-corrected chi connectivity index (χ2v) is 4.24. The molecule has 1 unspecified atom stereocenters. The lowest BCUT2D eigenvalue weighted by Gasteiger charge is -2.15. The topological polar surface area (TPSA) is 18.5 Å². The van der Waals surface area contributed by atoms with E-state index >= 15 is 0 Å². The van der Waals surface area contributed by atoms with Gasteiger partial charge >= 0.3 is 0 Å². The first kappa shape index (κ1) is 14.2. The fraction of sp³-hybridized carbons (Fsp3) is 0.600. The summed E-state index contributed by atoms with van der Waals surface area (Å²) in [6, 6.07) is 8.78. The number of methoxy groups -OCH3 is 1. The van der Waals surface area contributed by atoms with E-state index in [1.807, 2.05) is 6.92 Å². The van der Waals surface area contributed by atoms with Crippen molar-refractivity contribution in [3.63, 3.8) is 0 Å². The molecule has 0 aliphatic heterocycles. The number of ether oxygens (including phenoxy) is 2. The van der Waals surface area contributed by atoms with Gasteiger partial charge in [0.25, 0.3) is 0 Å². The normalized spacial score (nSPS) is 12.6. The fourth-order valence-corrected chi connectivity index (χ4v) is 1.81. The monoisotopic (exact) mass is 236 g/mol. The van der Waals surface area contributed by atoms with Crippen molar-refractivity contribution < 1.29 is 9.47 Å². The van der Waals surface area contributed by atoms with Crippen LogP contribution in [0.25, 0.3) is 0 Å². The SMILES string of the molecule is CCCCc1ccc(CC(OC)OCC)cc1. The molecule has 2 nitrogen and oxygen atoms in total. The van der Waals surface area contributed by atoms with E-state index in [0.717, 1.165) is 6.42 Å². The molecule has 0 aliphatic rings. The molecule has 0 fully saturated rings. The van der Waals surface area contributed by atoms with E-state index < -0.39 is 0 Å². The molecular formula is C15H24O2. The van der Waals surface area contributed by atoms with Crippen molar-refractivity contribution in [1.29, 1.82) is 0 Å². The molecule has 0 heterocycles. The maximum absolute atomic E-state index is 5.47. The maximum atomic E-state index is 5.47. The summed E-state index contributed by atoms with van der Waals surface area (Å²) < 4.78 is 10.7. The average Bonchev–Trinajstić information content (AvgIpc) is 2.37. The van der Waals surface area contributed by atoms with Gasteiger partial charge in [0.15, 0.2) is 6.29 Å². The van der Waals surface area contributed by atoms with Gasteiger partial charge in [-0.3, -0.25) is 0 Å². The van der Waals surface area contributed by atoms with Crippen LogP contribution in [0.5, 0.6) is 0 Å². The smallest absolute Gasteiger partial charge is 0.161 e. The third kappa shape index (κ3) is 5.33. The highest BCUT2D eigenvalue weighted by Gasteiger charge is 2.07. The number of aryl methyl sites for hydroxylation is 1. The van der Waals surface area contributed by atoms with Crippen LogP contribution in [0.4, 0.5) is 0 Å². The van der Waals surface area contributed by atoms with E-state index in [0.29, 0.717) is 6.61 Å². The molecule has 0 saturated heterocycles. The molecular weight excluding hydrogens is 212 g/mol. The summed E-state index contributed by atoms with van der Waals surface area (Å²) in [4.78, 5) is 0. The Morgan fingerprint density at radius 2 is 1.71 bits per heavy atom. The summed E-state index contributed by atoms with van der Waals surface area (Å²) in [5.41, 5.74) is 2.69. The van der Waals surface area contributed by atoms with Crippen LogP contribution in [0, 0.1) is 0 Å². The van der Waals surface area contributed by atoms with Gasteiger partial charge in [0.1, 0.15) is 0 Å². The van der Waals surface area contributed by atoms with Crippen LogP contribution in [-0.4, -0.2) is 20.0 Å². The van der Waals surface area contributed by atoms with Crippen LogP contribution in [-0.2, 0) is 22.3 Å². The Balaban J connectivity index is 2.49. The first-order valence-electron chi connectivity index (χ1n) is 6.52. The zero-order valence-corrected chi connectivity index (χ0v) is 11.2. The van der Waals surface area contributed by atoms with Crippen LogP contribution in [0.3, 0.4) is 0 Å². The second-order valence-electron chi connectivity index (χ2n) is 4.24. The van der Waals surface area contributed by atoms with Gasteiger partial charge in [-0.25, -0.2) is 0 Å². The minimum absolute atomic E-state index is 0.124. The third-order valence-corrected chi connectivity index (χ3v) is 2.86. The van der Waals surface area contributed by atoms with Gasteiger partial charge < -0.3 is 9.47 Å².